The van der Waals surface area contributed by atoms with Gasteiger partial charge in [0.1, 0.15) is 11.4 Å². The van der Waals surface area contributed by atoms with E-state index in [0.29, 0.717) is 43.7 Å². The quantitative estimate of drug-likeness (QED) is 0.270. The molecule has 2 saturated heterocycles. The minimum atomic E-state index is -0.618. The summed E-state index contributed by atoms with van der Waals surface area (Å²) < 4.78 is 12.3. The Kier molecular flexibility index (Phi) is 10.3. The predicted molar refractivity (Wildman–Crippen MR) is 190 cm³/mol. The van der Waals surface area contributed by atoms with E-state index in [9.17, 15) is 10.1 Å². The second-order valence-corrected chi connectivity index (χ2v) is 14.4. The van der Waals surface area contributed by atoms with Crippen molar-refractivity contribution in [3.8, 4) is 6.07 Å². The van der Waals surface area contributed by atoms with Crippen molar-refractivity contribution in [2.24, 2.45) is 0 Å². The van der Waals surface area contributed by atoms with E-state index in [1.54, 1.807) is 4.90 Å². The number of carbonyl (C=O) groups is 1. The molecule has 1 amide bonds. The van der Waals surface area contributed by atoms with Gasteiger partial charge in [0.05, 0.1) is 36.9 Å². The van der Waals surface area contributed by atoms with Crippen molar-refractivity contribution in [3.63, 3.8) is 0 Å². The summed E-state index contributed by atoms with van der Waals surface area (Å²) in [6.07, 6.45) is 2.34. The highest BCUT2D eigenvalue weighted by molar-refractivity contribution is 6.35. The lowest BCUT2D eigenvalue weighted by Gasteiger charge is -2.43. The van der Waals surface area contributed by atoms with Crippen LogP contribution in [0.25, 0.3) is 10.8 Å². The van der Waals surface area contributed by atoms with Crippen LogP contribution in [0, 0.1) is 11.3 Å². The van der Waals surface area contributed by atoms with Crippen LogP contribution in [0.1, 0.15) is 76.8 Å². The first-order valence-electron chi connectivity index (χ1n) is 17.4. The lowest BCUT2D eigenvalue weighted by molar-refractivity contribution is 0.0141. The molecule has 0 radical (unpaired) electrons. The molecule has 11 heteroatoms. The molecule has 2 fully saturated rings. The molecule has 2 atom stereocenters. The molecular weight excluding hydrogens is 626 g/mol. The number of carbonyl (C=O) groups excluding carboxylic acids is 1. The molecule has 10 nitrogen and oxygen atoms in total. The number of hydrogen-bond acceptors (Lipinski definition) is 9. The third kappa shape index (κ3) is 7.19. The first-order chi connectivity index (χ1) is 23.1. The minimum Gasteiger partial charge on any atom is -0.444 e. The summed E-state index contributed by atoms with van der Waals surface area (Å²) in [5.41, 5.74) is 2.39. The maximum absolute atomic E-state index is 13.2. The Bertz CT molecular complexity index is 1650. The second kappa shape index (κ2) is 14.5. The molecule has 0 bridgehead atoms. The van der Waals surface area contributed by atoms with Gasteiger partial charge in [0, 0.05) is 61.2 Å². The summed E-state index contributed by atoms with van der Waals surface area (Å²) in [5.74, 6) is 1.58. The van der Waals surface area contributed by atoms with Gasteiger partial charge in [-0.05, 0) is 63.7 Å². The summed E-state index contributed by atoms with van der Waals surface area (Å²) in [5, 5.41) is 12.5. The molecule has 0 saturated carbocycles. The molecule has 256 valence electrons. The van der Waals surface area contributed by atoms with Crippen molar-refractivity contribution in [2.45, 2.75) is 90.7 Å². The van der Waals surface area contributed by atoms with Crippen LogP contribution in [0.3, 0.4) is 0 Å². The third-order valence-electron chi connectivity index (χ3n) is 9.91. The molecule has 0 spiro atoms. The van der Waals surface area contributed by atoms with Crippen molar-refractivity contribution in [1.29, 1.82) is 5.26 Å². The number of amides is 1. The van der Waals surface area contributed by atoms with E-state index in [0.717, 1.165) is 78.4 Å². The topological polar surface area (TPSA) is 98.1 Å². The van der Waals surface area contributed by atoms with Gasteiger partial charge < -0.3 is 29.1 Å². The summed E-state index contributed by atoms with van der Waals surface area (Å²) in [4.78, 5) is 32.4. The maximum atomic E-state index is 13.2. The zero-order chi connectivity index (χ0) is 34.0. The molecule has 0 N–H and O–H groups in total. The summed E-state index contributed by atoms with van der Waals surface area (Å²) in [6.45, 7) is 15.8. The Morgan fingerprint density at radius 3 is 2.48 bits per heavy atom. The van der Waals surface area contributed by atoms with Gasteiger partial charge in [0.15, 0.2) is 0 Å². The molecule has 3 aromatic rings. The van der Waals surface area contributed by atoms with Crippen LogP contribution >= 0.6 is 11.6 Å². The van der Waals surface area contributed by atoms with Crippen LogP contribution in [-0.4, -0.2) is 89.4 Å². The average molecular weight is 674 g/mol. The SMILES string of the molecule is CCN(CC)C1CCN(c2nc3c(c(N4CCN(C(=O)OC(C)(C)C)[C@@H](CC#N)C4)n2)COC(c2cccc4cccc(Cl)c24)C3)CC1. The van der Waals surface area contributed by atoms with E-state index in [1.807, 2.05) is 32.9 Å². The number of fused-ring (bicyclic) bond motifs is 2. The minimum absolute atomic E-state index is 0.204. The fourth-order valence-corrected chi connectivity index (χ4v) is 7.78. The molecule has 4 heterocycles. The number of nitriles is 1. The Morgan fingerprint density at radius 1 is 1.06 bits per heavy atom. The highest BCUT2D eigenvalue weighted by atomic mass is 35.5. The van der Waals surface area contributed by atoms with Gasteiger partial charge in [0.2, 0.25) is 5.95 Å². The predicted octanol–water partition coefficient (Wildman–Crippen LogP) is 6.75. The van der Waals surface area contributed by atoms with Crippen LogP contribution in [0.5, 0.6) is 0 Å². The molecule has 3 aliphatic rings. The Morgan fingerprint density at radius 2 is 1.79 bits per heavy atom. The molecule has 1 unspecified atom stereocenters. The number of piperazine rings is 1. The Balaban J connectivity index is 1.33. The average Bonchev–Trinajstić information content (AvgIpc) is 3.07. The molecule has 0 aliphatic carbocycles. The standard InChI is InChI=1S/C37H48ClN7O3/c1-6-42(7-2)26-15-18-43(19-16-26)35-40-31-22-32(28-12-8-10-25-11-9-13-30(38)33(25)28)47-24-29(31)34(41-35)44-20-21-45(27(23-44)14-17-39)36(46)48-37(3,4)5/h8-13,26-27,32H,6-7,14-16,18-24H2,1-5H3/t27-,32?/m0/s1. The fraction of sp³-hybridized carbons (Fsp3) is 0.568. The summed E-state index contributed by atoms with van der Waals surface area (Å²) in [7, 11) is 0. The molecule has 6 rings (SSSR count). The van der Waals surface area contributed by atoms with Crippen molar-refractivity contribution in [2.75, 3.05) is 55.6 Å². The molecular formula is C37H48ClN7O3. The number of anilines is 2. The van der Waals surface area contributed by atoms with Gasteiger partial charge in [-0.1, -0.05) is 55.8 Å². The van der Waals surface area contributed by atoms with E-state index in [2.05, 4.69) is 58.9 Å². The molecule has 3 aliphatic heterocycles. The van der Waals surface area contributed by atoms with E-state index in [-0.39, 0.29) is 24.7 Å². The van der Waals surface area contributed by atoms with Crippen LogP contribution in [0.4, 0.5) is 16.6 Å². The van der Waals surface area contributed by atoms with E-state index < -0.39 is 5.60 Å². The maximum Gasteiger partial charge on any atom is 0.410 e. The monoisotopic (exact) mass is 673 g/mol. The van der Waals surface area contributed by atoms with Crippen molar-refractivity contribution >= 4 is 40.2 Å². The number of rotatable bonds is 7. The molecule has 2 aromatic carbocycles. The smallest absolute Gasteiger partial charge is 0.410 e. The number of halogens is 1. The second-order valence-electron chi connectivity index (χ2n) is 14.0. The van der Waals surface area contributed by atoms with Gasteiger partial charge in [-0.15, -0.1) is 0 Å². The lowest BCUT2D eigenvalue weighted by Crippen LogP contribution is -2.56. The Hall–Kier alpha value is -3.65. The van der Waals surface area contributed by atoms with E-state index in [4.69, 9.17) is 31.0 Å². The molecule has 48 heavy (non-hydrogen) atoms. The van der Waals surface area contributed by atoms with Crippen LogP contribution in [0.2, 0.25) is 5.02 Å². The van der Waals surface area contributed by atoms with Gasteiger partial charge in [-0.3, -0.25) is 0 Å². The highest BCUT2D eigenvalue weighted by Gasteiger charge is 2.37. The van der Waals surface area contributed by atoms with Crippen molar-refractivity contribution in [1.82, 2.24) is 19.8 Å². The first kappa shape index (κ1) is 34.2. The van der Waals surface area contributed by atoms with Gasteiger partial charge >= 0.3 is 6.09 Å². The Labute approximate surface area is 289 Å². The summed E-state index contributed by atoms with van der Waals surface area (Å²) in [6, 6.07) is 14.8. The number of benzene rings is 2. The van der Waals surface area contributed by atoms with Gasteiger partial charge in [-0.2, -0.15) is 10.2 Å². The van der Waals surface area contributed by atoms with Crippen LogP contribution < -0.4 is 9.80 Å². The fourth-order valence-electron chi connectivity index (χ4n) is 7.49. The number of hydrogen-bond donors (Lipinski definition) is 0. The van der Waals surface area contributed by atoms with E-state index in [1.165, 1.54) is 0 Å². The zero-order valence-electron chi connectivity index (χ0n) is 28.9. The highest BCUT2D eigenvalue weighted by Crippen LogP contribution is 2.40. The van der Waals surface area contributed by atoms with Gasteiger partial charge in [-0.25, -0.2) is 9.78 Å². The normalized spacial score (nSPS) is 20.6. The lowest BCUT2D eigenvalue weighted by atomic mass is 9.94. The third-order valence-corrected chi connectivity index (χ3v) is 10.2. The largest absolute Gasteiger partial charge is 0.444 e. The number of aromatic nitrogens is 2. The summed E-state index contributed by atoms with van der Waals surface area (Å²) >= 11 is 6.74. The number of nitrogens with zero attached hydrogens (tertiary/aromatic N) is 7. The van der Waals surface area contributed by atoms with Crippen molar-refractivity contribution in [3.05, 3.63) is 58.2 Å². The van der Waals surface area contributed by atoms with Crippen LogP contribution in [0.15, 0.2) is 36.4 Å². The molecule has 1 aromatic heterocycles. The van der Waals surface area contributed by atoms with E-state index >= 15 is 0 Å². The van der Waals surface area contributed by atoms with Gasteiger partial charge in [0.25, 0.3) is 0 Å². The van der Waals surface area contributed by atoms with Crippen LogP contribution in [-0.2, 0) is 22.5 Å². The zero-order valence-corrected chi connectivity index (χ0v) is 29.7. The number of ether oxygens (including phenoxy) is 2. The van der Waals surface area contributed by atoms with Crippen molar-refractivity contribution < 1.29 is 14.3 Å². The number of piperidine rings is 1. The first-order valence-corrected chi connectivity index (χ1v) is 17.8.